The van der Waals surface area contributed by atoms with Gasteiger partial charge in [-0.15, -0.1) is 0 Å². The van der Waals surface area contributed by atoms with E-state index in [0.717, 1.165) is 28.3 Å². The highest BCUT2D eigenvalue weighted by Gasteiger charge is 2.20. The van der Waals surface area contributed by atoms with Gasteiger partial charge in [0.1, 0.15) is 5.75 Å². The molecule has 1 heterocycles. The Hall–Kier alpha value is -2.72. The van der Waals surface area contributed by atoms with E-state index < -0.39 is 0 Å². The number of nitrogens with two attached hydrogens (primary N) is 1. The van der Waals surface area contributed by atoms with Crippen molar-refractivity contribution in [3.63, 3.8) is 0 Å². The van der Waals surface area contributed by atoms with Crippen LogP contribution < -0.4 is 10.5 Å². The van der Waals surface area contributed by atoms with Gasteiger partial charge in [0.05, 0.1) is 12.7 Å². The molecule has 0 saturated carbocycles. The Morgan fingerprint density at radius 2 is 2.08 bits per heavy atom. The maximum atomic E-state index is 13.2. The molecule has 4 heteroatoms. The SMILES string of the molecule is COc1cc(CCN)cc(C)c1C(=O)c1cccc2cnccc12. The third-order valence-electron chi connectivity index (χ3n) is 4.16. The quantitative estimate of drug-likeness (QED) is 0.733. The summed E-state index contributed by atoms with van der Waals surface area (Å²) in [5.41, 5.74) is 8.87. The number of benzene rings is 2. The van der Waals surface area contributed by atoms with Gasteiger partial charge in [-0.2, -0.15) is 0 Å². The second-order valence-electron chi connectivity index (χ2n) is 5.76. The maximum absolute atomic E-state index is 13.2. The molecule has 3 aromatic rings. The summed E-state index contributed by atoms with van der Waals surface area (Å²) >= 11 is 0. The highest BCUT2D eigenvalue weighted by Crippen LogP contribution is 2.29. The highest BCUT2D eigenvalue weighted by atomic mass is 16.5. The number of hydrogen-bond acceptors (Lipinski definition) is 4. The number of ketones is 1. The van der Waals surface area contributed by atoms with Crippen LogP contribution in [0.25, 0.3) is 10.8 Å². The number of aryl methyl sites for hydroxylation is 1. The Kier molecular flexibility index (Phi) is 4.58. The molecule has 0 aliphatic heterocycles. The van der Waals surface area contributed by atoms with Crippen molar-refractivity contribution < 1.29 is 9.53 Å². The molecule has 0 bridgehead atoms. The van der Waals surface area contributed by atoms with E-state index in [0.29, 0.717) is 23.4 Å². The van der Waals surface area contributed by atoms with Crippen molar-refractivity contribution in [2.75, 3.05) is 13.7 Å². The zero-order valence-corrected chi connectivity index (χ0v) is 13.9. The van der Waals surface area contributed by atoms with Crippen molar-refractivity contribution in [2.24, 2.45) is 5.73 Å². The molecule has 0 aliphatic rings. The second-order valence-corrected chi connectivity index (χ2v) is 5.76. The number of carbonyl (C=O) groups is 1. The summed E-state index contributed by atoms with van der Waals surface area (Å²) in [5.74, 6) is 0.551. The second kappa shape index (κ2) is 6.81. The number of methoxy groups -OCH3 is 1. The summed E-state index contributed by atoms with van der Waals surface area (Å²) in [6.45, 7) is 2.49. The number of carbonyl (C=O) groups excluding carboxylic acids is 1. The highest BCUT2D eigenvalue weighted by molar-refractivity contribution is 6.18. The predicted molar refractivity (Wildman–Crippen MR) is 95.7 cm³/mol. The summed E-state index contributed by atoms with van der Waals surface area (Å²) in [7, 11) is 1.59. The van der Waals surface area contributed by atoms with Gasteiger partial charge >= 0.3 is 0 Å². The molecule has 0 saturated heterocycles. The first kappa shape index (κ1) is 16.1. The Labute approximate surface area is 141 Å². The van der Waals surface area contributed by atoms with Crippen LogP contribution in [0.2, 0.25) is 0 Å². The fourth-order valence-corrected chi connectivity index (χ4v) is 3.04. The van der Waals surface area contributed by atoms with E-state index in [2.05, 4.69) is 4.98 Å². The molecule has 0 fully saturated rings. The number of aromatic nitrogens is 1. The molecule has 0 amide bonds. The van der Waals surface area contributed by atoms with Crippen LogP contribution in [-0.4, -0.2) is 24.4 Å². The third kappa shape index (κ3) is 2.88. The van der Waals surface area contributed by atoms with Crippen LogP contribution in [-0.2, 0) is 6.42 Å². The van der Waals surface area contributed by atoms with Crippen molar-refractivity contribution >= 4 is 16.6 Å². The lowest BCUT2D eigenvalue weighted by atomic mass is 9.93. The molecule has 24 heavy (non-hydrogen) atoms. The lowest BCUT2D eigenvalue weighted by Gasteiger charge is -2.14. The van der Waals surface area contributed by atoms with Gasteiger partial charge in [-0.25, -0.2) is 0 Å². The Bertz CT molecular complexity index is 898. The summed E-state index contributed by atoms with van der Waals surface area (Å²) in [6.07, 6.45) is 4.22. The summed E-state index contributed by atoms with van der Waals surface area (Å²) in [4.78, 5) is 17.3. The van der Waals surface area contributed by atoms with Crippen molar-refractivity contribution in [2.45, 2.75) is 13.3 Å². The number of pyridine rings is 1. The first-order chi connectivity index (χ1) is 11.7. The maximum Gasteiger partial charge on any atom is 0.197 e. The van der Waals surface area contributed by atoms with Crippen LogP contribution in [0.15, 0.2) is 48.8 Å². The molecule has 0 unspecified atom stereocenters. The summed E-state index contributed by atoms with van der Waals surface area (Å²) in [5, 5.41) is 1.84. The first-order valence-electron chi connectivity index (χ1n) is 7.90. The number of ether oxygens (including phenoxy) is 1. The molecular weight excluding hydrogens is 300 g/mol. The minimum atomic E-state index is -0.0413. The number of rotatable bonds is 5. The van der Waals surface area contributed by atoms with E-state index in [1.54, 1.807) is 19.5 Å². The fraction of sp³-hybridized carbons (Fsp3) is 0.200. The topological polar surface area (TPSA) is 65.2 Å². The minimum Gasteiger partial charge on any atom is -0.496 e. The molecule has 0 aliphatic carbocycles. The van der Waals surface area contributed by atoms with Crippen molar-refractivity contribution in [1.29, 1.82) is 0 Å². The van der Waals surface area contributed by atoms with Crippen molar-refractivity contribution in [3.8, 4) is 5.75 Å². The largest absolute Gasteiger partial charge is 0.496 e. The summed E-state index contributed by atoms with van der Waals surface area (Å²) < 4.78 is 5.49. The standard InChI is InChI=1S/C20H20N2O2/c1-13-10-14(6-8-21)11-18(24-2)19(13)20(23)17-5-3-4-15-12-22-9-7-16(15)17/h3-5,7,9-12H,6,8,21H2,1-2H3. The molecule has 0 atom stereocenters. The molecule has 1 aromatic heterocycles. The van der Waals surface area contributed by atoms with Gasteiger partial charge in [0.15, 0.2) is 5.78 Å². The minimum absolute atomic E-state index is 0.0413. The molecule has 0 spiro atoms. The molecular formula is C20H20N2O2. The lowest BCUT2D eigenvalue weighted by Crippen LogP contribution is -2.09. The van der Waals surface area contributed by atoms with E-state index in [-0.39, 0.29) is 5.78 Å². The summed E-state index contributed by atoms with van der Waals surface area (Å²) in [6, 6.07) is 11.5. The third-order valence-corrected chi connectivity index (χ3v) is 4.16. The predicted octanol–water partition coefficient (Wildman–Crippen LogP) is 3.28. The molecule has 4 nitrogen and oxygen atoms in total. The normalized spacial score (nSPS) is 10.8. The number of nitrogens with zero attached hydrogens (tertiary/aromatic N) is 1. The van der Waals surface area contributed by atoms with Gasteiger partial charge in [-0.05, 0) is 48.5 Å². The van der Waals surface area contributed by atoms with Crippen LogP contribution >= 0.6 is 0 Å². The first-order valence-corrected chi connectivity index (χ1v) is 7.90. The molecule has 0 radical (unpaired) electrons. The Morgan fingerprint density at radius 1 is 1.25 bits per heavy atom. The van der Waals surface area contributed by atoms with Gasteiger partial charge in [-0.1, -0.05) is 24.3 Å². The van der Waals surface area contributed by atoms with E-state index in [1.807, 2.05) is 43.3 Å². The molecule has 3 rings (SSSR count). The molecule has 2 N–H and O–H groups in total. The smallest absolute Gasteiger partial charge is 0.197 e. The zero-order valence-electron chi connectivity index (χ0n) is 13.9. The van der Waals surface area contributed by atoms with E-state index >= 15 is 0 Å². The van der Waals surface area contributed by atoms with Crippen LogP contribution in [0, 0.1) is 6.92 Å². The van der Waals surface area contributed by atoms with Gasteiger partial charge in [0.2, 0.25) is 0 Å². The average molecular weight is 320 g/mol. The number of hydrogen-bond donors (Lipinski definition) is 1. The van der Waals surface area contributed by atoms with E-state index in [1.165, 1.54) is 0 Å². The van der Waals surface area contributed by atoms with Crippen LogP contribution in [0.1, 0.15) is 27.0 Å². The van der Waals surface area contributed by atoms with Crippen LogP contribution in [0.3, 0.4) is 0 Å². The lowest BCUT2D eigenvalue weighted by molar-refractivity contribution is 0.103. The van der Waals surface area contributed by atoms with E-state index in [9.17, 15) is 4.79 Å². The van der Waals surface area contributed by atoms with E-state index in [4.69, 9.17) is 10.5 Å². The Morgan fingerprint density at radius 3 is 2.83 bits per heavy atom. The van der Waals surface area contributed by atoms with Crippen molar-refractivity contribution in [3.05, 3.63) is 71.0 Å². The molecule has 122 valence electrons. The monoisotopic (exact) mass is 320 g/mol. The Balaban J connectivity index is 2.16. The van der Waals surface area contributed by atoms with Gasteiger partial charge in [0.25, 0.3) is 0 Å². The fourth-order valence-electron chi connectivity index (χ4n) is 3.04. The van der Waals surface area contributed by atoms with Crippen molar-refractivity contribution in [1.82, 2.24) is 4.98 Å². The number of fused-ring (bicyclic) bond motifs is 1. The van der Waals surface area contributed by atoms with Gasteiger partial charge < -0.3 is 10.5 Å². The zero-order chi connectivity index (χ0) is 17.1. The van der Waals surface area contributed by atoms with Gasteiger partial charge in [0, 0.05) is 23.3 Å². The average Bonchev–Trinajstić information content (AvgIpc) is 2.60. The molecule has 2 aromatic carbocycles. The van der Waals surface area contributed by atoms with Crippen LogP contribution in [0.4, 0.5) is 0 Å². The van der Waals surface area contributed by atoms with Crippen LogP contribution in [0.5, 0.6) is 5.75 Å². The van der Waals surface area contributed by atoms with Gasteiger partial charge in [-0.3, -0.25) is 9.78 Å².